The lowest BCUT2D eigenvalue weighted by atomic mass is 10.1. The summed E-state index contributed by atoms with van der Waals surface area (Å²) in [4.78, 5) is 15.6. The van der Waals surface area contributed by atoms with Crippen molar-refractivity contribution >= 4 is 27.5 Å². The fourth-order valence-electron chi connectivity index (χ4n) is 1.29. The van der Waals surface area contributed by atoms with Crippen molar-refractivity contribution in [3.05, 3.63) is 22.9 Å². The van der Waals surface area contributed by atoms with Gasteiger partial charge in [-0.25, -0.2) is 9.37 Å². The van der Waals surface area contributed by atoms with E-state index in [2.05, 4.69) is 26.2 Å². The Labute approximate surface area is 95.2 Å². The predicted molar refractivity (Wildman–Crippen MR) is 58.2 cm³/mol. The van der Waals surface area contributed by atoms with Crippen molar-refractivity contribution in [1.29, 1.82) is 0 Å². The quantitative estimate of drug-likeness (QED) is 0.841. The van der Waals surface area contributed by atoms with Crippen molar-refractivity contribution in [2.45, 2.75) is 19.5 Å². The molecule has 1 aliphatic carbocycles. The van der Waals surface area contributed by atoms with Crippen LogP contribution < -0.4 is 5.32 Å². The molecule has 1 aromatic rings. The molecular weight excluding hydrogens is 263 g/mol. The predicted octanol–water partition coefficient (Wildman–Crippen LogP) is 2.53. The van der Waals surface area contributed by atoms with Crippen molar-refractivity contribution in [3.8, 4) is 0 Å². The average molecular weight is 273 g/mol. The number of anilines is 1. The molecule has 2 rings (SSSR count). The summed E-state index contributed by atoms with van der Waals surface area (Å²) in [6.07, 6.45) is 0.890. The molecule has 1 heterocycles. The number of nitrogens with zero attached hydrogens (tertiary/aromatic N) is 1. The number of carbonyl (C=O) groups excluding carboxylic acids is 1. The first-order valence-corrected chi connectivity index (χ1v) is 5.39. The van der Waals surface area contributed by atoms with Gasteiger partial charge in [0.1, 0.15) is 10.8 Å². The van der Waals surface area contributed by atoms with Gasteiger partial charge in [-0.1, -0.05) is 0 Å². The maximum absolute atomic E-state index is 12.9. The van der Waals surface area contributed by atoms with Crippen LogP contribution in [0.5, 0.6) is 0 Å². The number of carbonyl (C=O) groups is 1. The van der Waals surface area contributed by atoms with E-state index in [-0.39, 0.29) is 5.91 Å². The smallest absolute Gasteiger partial charge is 0.233 e. The third kappa shape index (κ3) is 1.88. The first kappa shape index (κ1) is 10.5. The van der Waals surface area contributed by atoms with E-state index in [0.717, 1.165) is 0 Å². The van der Waals surface area contributed by atoms with Crippen LogP contribution in [0, 0.1) is 5.41 Å². The van der Waals surface area contributed by atoms with Gasteiger partial charge in [0, 0.05) is 6.20 Å². The largest absolute Gasteiger partial charge is 0.323 e. The summed E-state index contributed by atoms with van der Waals surface area (Å²) in [7, 11) is 0. The molecular formula is C10H10BrFN2O. The Morgan fingerprint density at radius 2 is 2.47 bits per heavy atom. The van der Waals surface area contributed by atoms with Gasteiger partial charge in [0.05, 0.1) is 11.1 Å². The van der Waals surface area contributed by atoms with Gasteiger partial charge in [0.15, 0.2) is 0 Å². The zero-order valence-electron chi connectivity index (χ0n) is 8.13. The maximum atomic E-state index is 12.9. The Kier molecular flexibility index (Phi) is 2.50. The summed E-state index contributed by atoms with van der Waals surface area (Å²) in [5.74, 6) is -0.288. The number of pyridine rings is 1. The number of hydrogen-bond donors (Lipinski definition) is 1. The number of alkyl halides is 1. The fraction of sp³-hybridized carbons (Fsp3) is 0.400. The molecule has 1 fully saturated rings. The van der Waals surface area contributed by atoms with E-state index in [1.54, 1.807) is 25.3 Å². The van der Waals surface area contributed by atoms with Gasteiger partial charge in [-0.05, 0) is 41.4 Å². The molecule has 0 radical (unpaired) electrons. The molecule has 15 heavy (non-hydrogen) atoms. The van der Waals surface area contributed by atoms with E-state index in [4.69, 9.17) is 0 Å². The highest BCUT2D eigenvalue weighted by molar-refractivity contribution is 9.10. The zero-order valence-corrected chi connectivity index (χ0v) is 9.71. The number of hydrogen-bond acceptors (Lipinski definition) is 2. The number of rotatable bonds is 2. The molecule has 1 aromatic heterocycles. The first-order valence-electron chi connectivity index (χ1n) is 4.60. The molecule has 1 amide bonds. The van der Waals surface area contributed by atoms with Crippen LogP contribution in [-0.2, 0) is 4.79 Å². The molecule has 3 nitrogen and oxygen atoms in total. The third-order valence-corrected chi connectivity index (χ3v) is 3.29. The number of halogens is 2. The van der Waals surface area contributed by atoms with Gasteiger partial charge in [-0.3, -0.25) is 4.79 Å². The molecule has 2 atom stereocenters. The highest BCUT2D eigenvalue weighted by Gasteiger charge is 2.57. The third-order valence-electron chi connectivity index (χ3n) is 2.66. The summed E-state index contributed by atoms with van der Waals surface area (Å²) >= 11 is 3.21. The lowest BCUT2D eigenvalue weighted by Crippen LogP contribution is -2.24. The van der Waals surface area contributed by atoms with Gasteiger partial charge >= 0.3 is 0 Å². The minimum absolute atomic E-state index is 0.288. The molecule has 0 aromatic carbocycles. The summed E-state index contributed by atoms with van der Waals surface area (Å²) in [5, 5.41) is 2.65. The number of amides is 1. The molecule has 5 heteroatoms. The average Bonchev–Trinajstić information content (AvgIpc) is 2.80. The molecule has 1 aliphatic rings. The van der Waals surface area contributed by atoms with Gasteiger partial charge in [-0.2, -0.15) is 0 Å². The topological polar surface area (TPSA) is 42.0 Å². The second-order valence-electron chi connectivity index (χ2n) is 3.89. The minimum Gasteiger partial charge on any atom is -0.323 e. The van der Waals surface area contributed by atoms with Crippen molar-refractivity contribution in [3.63, 3.8) is 0 Å². The fourth-order valence-corrected chi connectivity index (χ4v) is 1.64. The van der Waals surface area contributed by atoms with Crippen LogP contribution in [0.2, 0.25) is 0 Å². The second kappa shape index (κ2) is 3.56. The lowest BCUT2D eigenvalue weighted by Gasteiger charge is -2.10. The van der Waals surface area contributed by atoms with Crippen LogP contribution in [0.1, 0.15) is 13.3 Å². The minimum atomic E-state index is -1.02. The highest BCUT2D eigenvalue weighted by atomic mass is 79.9. The van der Waals surface area contributed by atoms with E-state index >= 15 is 0 Å². The van der Waals surface area contributed by atoms with Gasteiger partial charge < -0.3 is 5.32 Å². The molecule has 0 saturated heterocycles. The van der Waals surface area contributed by atoms with E-state index < -0.39 is 11.6 Å². The Morgan fingerprint density at radius 1 is 1.80 bits per heavy atom. The number of aromatic nitrogens is 1. The molecule has 0 bridgehead atoms. The van der Waals surface area contributed by atoms with Crippen LogP contribution in [0.25, 0.3) is 0 Å². The van der Waals surface area contributed by atoms with E-state index in [9.17, 15) is 9.18 Å². The normalized spacial score (nSPS) is 28.6. The molecule has 0 spiro atoms. The summed E-state index contributed by atoms with van der Waals surface area (Å²) < 4.78 is 13.5. The second-order valence-corrected chi connectivity index (χ2v) is 4.64. The van der Waals surface area contributed by atoms with Crippen LogP contribution in [0.3, 0.4) is 0 Å². The van der Waals surface area contributed by atoms with E-state index in [1.165, 1.54) is 0 Å². The summed E-state index contributed by atoms with van der Waals surface area (Å²) in [6.45, 7) is 1.62. The Hall–Kier alpha value is -0.970. The first-order chi connectivity index (χ1) is 7.04. The van der Waals surface area contributed by atoms with Crippen LogP contribution in [0.15, 0.2) is 22.9 Å². The van der Waals surface area contributed by atoms with Crippen molar-refractivity contribution < 1.29 is 9.18 Å². The molecule has 0 aliphatic heterocycles. The SMILES string of the molecule is CC1(C(=O)Nc2cccnc2Br)CC1F. The molecule has 80 valence electrons. The van der Waals surface area contributed by atoms with E-state index in [1.807, 2.05) is 0 Å². The van der Waals surface area contributed by atoms with Gasteiger partial charge in [-0.15, -0.1) is 0 Å². The van der Waals surface area contributed by atoms with Crippen LogP contribution in [0.4, 0.5) is 10.1 Å². The van der Waals surface area contributed by atoms with Crippen LogP contribution in [-0.4, -0.2) is 17.1 Å². The van der Waals surface area contributed by atoms with Crippen LogP contribution >= 0.6 is 15.9 Å². The molecule has 2 unspecified atom stereocenters. The Morgan fingerprint density at radius 3 is 3.00 bits per heavy atom. The molecule has 1 N–H and O–H groups in total. The van der Waals surface area contributed by atoms with Crippen molar-refractivity contribution in [2.75, 3.05) is 5.32 Å². The standard InChI is InChI=1S/C10H10BrFN2O/c1-10(5-7(10)12)9(15)14-6-3-2-4-13-8(6)11/h2-4,7H,5H2,1H3,(H,14,15). The van der Waals surface area contributed by atoms with Gasteiger partial charge in [0.25, 0.3) is 0 Å². The summed E-state index contributed by atoms with van der Waals surface area (Å²) in [6, 6.07) is 3.43. The highest BCUT2D eigenvalue weighted by Crippen LogP contribution is 2.49. The van der Waals surface area contributed by atoms with Gasteiger partial charge in [0.2, 0.25) is 5.91 Å². The molecule has 1 saturated carbocycles. The Bertz CT molecular complexity index is 412. The zero-order chi connectivity index (χ0) is 11.1. The summed E-state index contributed by atoms with van der Waals surface area (Å²) in [5.41, 5.74) is -0.280. The Balaban J connectivity index is 2.10. The number of nitrogens with one attached hydrogen (secondary N) is 1. The monoisotopic (exact) mass is 272 g/mol. The van der Waals surface area contributed by atoms with E-state index in [0.29, 0.717) is 16.7 Å². The maximum Gasteiger partial charge on any atom is 0.233 e. The van der Waals surface area contributed by atoms with Crippen molar-refractivity contribution in [2.24, 2.45) is 5.41 Å². The van der Waals surface area contributed by atoms with Crippen molar-refractivity contribution in [1.82, 2.24) is 4.98 Å². The lowest BCUT2D eigenvalue weighted by molar-refractivity contribution is -0.121.